The number of nitrogens with zero attached hydrogens (tertiary/aromatic N) is 1. The van der Waals surface area contributed by atoms with Crippen LogP contribution in [0.3, 0.4) is 0 Å². The van der Waals surface area contributed by atoms with Crippen molar-refractivity contribution >= 4 is 35.4 Å². The van der Waals surface area contributed by atoms with E-state index in [1.54, 1.807) is 26.3 Å². The van der Waals surface area contributed by atoms with Crippen molar-refractivity contribution in [3.63, 3.8) is 0 Å². The number of hydrogen-bond donors (Lipinski definition) is 0. The fraction of sp³-hybridized carbons (Fsp3) is 0.636. The number of halogens is 3. The van der Waals surface area contributed by atoms with Gasteiger partial charge in [-0.15, -0.1) is 0 Å². The summed E-state index contributed by atoms with van der Waals surface area (Å²) in [6.45, 7) is 5.78. The van der Waals surface area contributed by atoms with Crippen LogP contribution in [0.4, 0.5) is 0 Å². The first-order valence-electron chi connectivity index (χ1n) is 5.07. The third-order valence-corrected chi connectivity index (χ3v) is 3.32. The molecule has 0 radical (unpaired) electrons. The maximum atomic E-state index is 11.8. The van der Waals surface area contributed by atoms with Crippen LogP contribution in [0.5, 0.6) is 0 Å². The van der Waals surface area contributed by atoms with E-state index in [0.29, 0.717) is 0 Å². The maximum absolute atomic E-state index is 11.8. The lowest BCUT2D eigenvalue weighted by molar-refractivity contribution is -0.738. The lowest BCUT2D eigenvalue weighted by atomic mass is 10.1. The molecule has 0 aromatic rings. The molecule has 1 saturated carbocycles. The van der Waals surface area contributed by atoms with Crippen molar-refractivity contribution in [1.82, 2.24) is 0 Å². The molecule has 1 aliphatic carbocycles. The number of hydrogen-bond acceptors (Lipinski definition) is 2. The van der Waals surface area contributed by atoms with E-state index in [2.05, 4.69) is 0 Å². The third-order valence-electron chi connectivity index (χ3n) is 3.07. The molecule has 0 bridgehead atoms. The summed E-state index contributed by atoms with van der Waals surface area (Å²) in [5, 5.41) is 0. The molecule has 0 aromatic carbocycles. The maximum Gasteiger partial charge on any atom is 0.383 e. The molecule has 3 nitrogen and oxygen atoms in total. The van der Waals surface area contributed by atoms with Gasteiger partial charge in [0, 0.05) is 6.92 Å². The van der Waals surface area contributed by atoms with Crippen LogP contribution in [0, 0.1) is 17.3 Å². The standard InChI is InChI=1S/C11H16Cl2NO2.ClH/c1-5-14(4)16-10(15)9-7(6-8(12)13)11(9,2)3;/h5-7,9H,1-4H3;1H/q+1;/p-1. The van der Waals surface area contributed by atoms with E-state index in [0.717, 1.165) is 0 Å². The summed E-state index contributed by atoms with van der Waals surface area (Å²) in [5.74, 6) is -0.376. The van der Waals surface area contributed by atoms with Crippen LogP contribution >= 0.6 is 23.2 Å². The predicted octanol–water partition coefficient (Wildman–Crippen LogP) is -0.227. The molecule has 2 unspecified atom stereocenters. The molecule has 1 fully saturated rings. The molecule has 0 amide bonds. The predicted molar refractivity (Wildman–Crippen MR) is 64.6 cm³/mol. The van der Waals surface area contributed by atoms with Crippen molar-refractivity contribution < 1.29 is 26.8 Å². The highest BCUT2D eigenvalue weighted by molar-refractivity contribution is 6.55. The molecule has 17 heavy (non-hydrogen) atoms. The fourth-order valence-corrected chi connectivity index (χ4v) is 2.10. The first-order chi connectivity index (χ1) is 7.30. The van der Waals surface area contributed by atoms with Crippen LogP contribution in [-0.4, -0.2) is 24.0 Å². The summed E-state index contributed by atoms with van der Waals surface area (Å²) < 4.78 is 1.59. The molecule has 1 aliphatic rings. The van der Waals surface area contributed by atoms with Gasteiger partial charge in [0.1, 0.15) is 4.49 Å². The first kappa shape index (κ1) is 16.8. The number of carbonyl (C=O) groups is 1. The van der Waals surface area contributed by atoms with Crippen LogP contribution in [0.1, 0.15) is 20.8 Å². The van der Waals surface area contributed by atoms with Crippen molar-refractivity contribution in [2.45, 2.75) is 20.8 Å². The quantitative estimate of drug-likeness (QED) is 0.312. The zero-order chi connectivity index (χ0) is 12.5. The molecule has 0 saturated heterocycles. The molecule has 0 aromatic heterocycles. The molecule has 98 valence electrons. The second-order valence-corrected chi connectivity index (χ2v) is 5.50. The second-order valence-electron chi connectivity index (χ2n) is 4.50. The van der Waals surface area contributed by atoms with Crippen molar-refractivity contribution in [3.05, 3.63) is 10.6 Å². The van der Waals surface area contributed by atoms with Gasteiger partial charge in [0.25, 0.3) is 0 Å². The lowest BCUT2D eigenvalue weighted by Crippen LogP contribution is -3.00. The topological polar surface area (TPSA) is 29.3 Å². The molecular weight excluding hydrogens is 284 g/mol. The Morgan fingerprint density at radius 3 is 2.35 bits per heavy atom. The SMILES string of the molecule is CC=[N+](C)OC(=O)C1C(C=C(Cl)Cl)C1(C)C.[Cl-]. The lowest BCUT2D eigenvalue weighted by Gasteiger charge is -1.98. The zero-order valence-electron chi connectivity index (χ0n) is 10.2. The Morgan fingerprint density at radius 1 is 1.41 bits per heavy atom. The van der Waals surface area contributed by atoms with Gasteiger partial charge >= 0.3 is 5.97 Å². The average Bonchev–Trinajstić information content (AvgIpc) is 2.66. The Morgan fingerprint density at radius 2 is 1.94 bits per heavy atom. The normalized spacial score (nSPS) is 25.6. The minimum absolute atomic E-state index is 0. The largest absolute Gasteiger partial charge is 1.00 e. The minimum Gasteiger partial charge on any atom is -1.00 e. The van der Waals surface area contributed by atoms with Crippen LogP contribution in [0.25, 0.3) is 0 Å². The van der Waals surface area contributed by atoms with Crippen LogP contribution in [0.15, 0.2) is 10.6 Å². The molecule has 0 N–H and O–H groups in total. The van der Waals surface area contributed by atoms with Gasteiger partial charge in [-0.1, -0.05) is 37.0 Å². The van der Waals surface area contributed by atoms with Crippen LogP contribution in [-0.2, 0) is 9.63 Å². The van der Waals surface area contributed by atoms with Crippen LogP contribution in [0.2, 0.25) is 0 Å². The number of rotatable bonds is 3. The van der Waals surface area contributed by atoms with E-state index in [1.807, 2.05) is 13.8 Å². The van der Waals surface area contributed by atoms with E-state index in [1.165, 1.54) is 4.74 Å². The highest BCUT2D eigenvalue weighted by atomic mass is 35.5. The summed E-state index contributed by atoms with van der Waals surface area (Å²) in [6.07, 6.45) is 3.37. The molecule has 2 atom stereocenters. The molecule has 6 heteroatoms. The van der Waals surface area contributed by atoms with Gasteiger partial charge in [0.15, 0.2) is 13.3 Å². The number of hydroxylamine groups is 1. The molecule has 0 aliphatic heterocycles. The van der Waals surface area contributed by atoms with Crippen molar-refractivity contribution in [3.8, 4) is 0 Å². The Hall–Kier alpha value is -0.250. The summed E-state index contributed by atoms with van der Waals surface area (Å²) in [6, 6.07) is 0. The minimum atomic E-state index is -0.249. The monoisotopic (exact) mass is 299 g/mol. The van der Waals surface area contributed by atoms with E-state index >= 15 is 0 Å². The Bertz CT molecular complexity index is 360. The Kier molecular flexibility index (Phi) is 5.99. The second kappa shape index (κ2) is 6.07. The molecule has 0 heterocycles. The molecule has 0 spiro atoms. The van der Waals surface area contributed by atoms with Gasteiger partial charge in [0.05, 0.1) is 5.92 Å². The van der Waals surface area contributed by atoms with Crippen molar-refractivity contribution in [2.75, 3.05) is 7.05 Å². The summed E-state index contributed by atoms with van der Waals surface area (Å²) in [5.41, 5.74) is -0.138. The Labute approximate surface area is 118 Å². The van der Waals surface area contributed by atoms with E-state index in [9.17, 15) is 4.79 Å². The number of allylic oxidation sites excluding steroid dienone is 1. The first-order valence-corrected chi connectivity index (χ1v) is 5.83. The van der Waals surface area contributed by atoms with E-state index < -0.39 is 0 Å². The average molecular weight is 301 g/mol. The summed E-state index contributed by atoms with van der Waals surface area (Å²) in [4.78, 5) is 16.9. The molecular formula is C11H16Cl3NO2. The zero-order valence-corrected chi connectivity index (χ0v) is 12.5. The van der Waals surface area contributed by atoms with Crippen molar-refractivity contribution in [2.24, 2.45) is 17.3 Å². The van der Waals surface area contributed by atoms with E-state index in [-0.39, 0.29) is 40.1 Å². The Balaban J connectivity index is 0.00000256. The van der Waals surface area contributed by atoms with Gasteiger partial charge < -0.3 is 12.4 Å². The van der Waals surface area contributed by atoms with Gasteiger partial charge in [-0.3, -0.25) is 0 Å². The smallest absolute Gasteiger partial charge is 0.383 e. The highest BCUT2D eigenvalue weighted by Gasteiger charge is 2.62. The van der Waals surface area contributed by atoms with Crippen LogP contribution < -0.4 is 12.4 Å². The van der Waals surface area contributed by atoms with Gasteiger partial charge in [0.2, 0.25) is 0 Å². The number of carbonyl (C=O) groups excluding carboxylic acids is 1. The third kappa shape index (κ3) is 3.87. The molecule has 1 rings (SSSR count). The van der Waals surface area contributed by atoms with Gasteiger partial charge in [-0.05, 0) is 22.1 Å². The fourth-order valence-electron chi connectivity index (χ4n) is 1.83. The summed E-state index contributed by atoms with van der Waals surface area (Å²) >= 11 is 11.2. The highest BCUT2D eigenvalue weighted by Crippen LogP contribution is 2.60. The van der Waals surface area contributed by atoms with E-state index in [4.69, 9.17) is 28.0 Å². The summed E-state index contributed by atoms with van der Waals surface area (Å²) in [7, 11) is 1.67. The van der Waals surface area contributed by atoms with Gasteiger partial charge in [-0.25, -0.2) is 4.79 Å². The van der Waals surface area contributed by atoms with Crippen molar-refractivity contribution in [1.29, 1.82) is 0 Å². The van der Waals surface area contributed by atoms with Gasteiger partial charge in [-0.2, -0.15) is 4.84 Å².